The standard InChI is InChI=1S/C13H19N3O/c1-17-10-11-4-6-16(7-5-11)9-13-3-2-12(14)8-15-13/h2-4,8H,5-7,9-10,14H2,1H3. The summed E-state index contributed by atoms with van der Waals surface area (Å²) in [7, 11) is 1.74. The number of rotatable bonds is 4. The molecule has 2 rings (SSSR count). The van der Waals surface area contributed by atoms with Gasteiger partial charge in [-0.1, -0.05) is 6.08 Å². The third-order valence-electron chi connectivity index (χ3n) is 2.95. The molecule has 0 saturated carbocycles. The Kier molecular flexibility index (Phi) is 4.12. The maximum atomic E-state index is 5.61. The minimum atomic E-state index is 0.717. The van der Waals surface area contributed by atoms with Gasteiger partial charge in [0.25, 0.3) is 0 Å². The van der Waals surface area contributed by atoms with Crippen LogP contribution in [0.25, 0.3) is 0 Å². The average molecular weight is 233 g/mol. The summed E-state index contributed by atoms with van der Waals surface area (Å²) in [6, 6.07) is 3.89. The first-order valence-electron chi connectivity index (χ1n) is 5.87. The molecule has 0 aromatic carbocycles. The largest absolute Gasteiger partial charge is 0.397 e. The molecule has 4 heteroatoms. The summed E-state index contributed by atoms with van der Waals surface area (Å²) in [5.41, 5.74) is 8.80. The first-order chi connectivity index (χ1) is 8.28. The fourth-order valence-corrected chi connectivity index (χ4v) is 1.97. The smallest absolute Gasteiger partial charge is 0.0673 e. The Morgan fingerprint density at radius 3 is 2.94 bits per heavy atom. The summed E-state index contributed by atoms with van der Waals surface area (Å²) in [4.78, 5) is 6.69. The lowest BCUT2D eigenvalue weighted by atomic mass is 10.1. The van der Waals surface area contributed by atoms with Gasteiger partial charge in [-0.2, -0.15) is 0 Å². The van der Waals surface area contributed by atoms with Crippen molar-refractivity contribution in [3.63, 3.8) is 0 Å². The van der Waals surface area contributed by atoms with Crippen molar-refractivity contribution in [2.75, 3.05) is 32.5 Å². The van der Waals surface area contributed by atoms with E-state index in [1.807, 2.05) is 12.1 Å². The first kappa shape index (κ1) is 12.1. The van der Waals surface area contributed by atoms with E-state index in [0.717, 1.165) is 44.0 Å². The van der Waals surface area contributed by atoms with Gasteiger partial charge in [0.2, 0.25) is 0 Å². The zero-order valence-electron chi connectivity index (χ0n) is 10.2. The van der Waals surface area contributed by atoms with Crippen LogP contribution in [0.1, 0.15) is 12.1 Å². The molecule has 0 atom stereocenters. The molecule has 1 aromatic heterocycles. The second-order valence-electron chi connectivity index (χ2n) is 4.36. The molecule has 0 saturated heterocycles. The number of nitrogens with zero attached hydrogens (tertiary/aromatic N) is 2. The minimum absolute atomic E-state index is 0.717. The molecular weight excluding hydrogens is 214 g/mol. The quantitative estimate of drug-likeness (QED) is 0.800. The fraction of sp³-hybridized carbons (Fsp3) is 0.462. The Balaban J connectivity index is 1.87. The van der Waals surface area contributed by atoms with E-state index >= 15 is 0 Å². The van der Waals surface area contributed by atoms with E-state index in [-0.39, 0.29) is 0 Å². The van der Waals surface area contributed by atoms with Crippen LogP contribution in [0.2, 0.25) is 0 Å². The molecule has 0 bridgehead atoms. The third-order valence-corrected chi connectivity index (χ3v) is 2.95. The predicted octanol–water partition coefficient (Wildman–Crippen LogP) is 1.44. The highest BCUT2D eigenvalue weighted by atomic mass is 16.5. The van der Waals surface area contributed by atoms with Gasteiger partial charge < -0.3 is 10.5 Å². The van der Waals surface area contributed by atoms with E-state index in [1.165, 1.54) is 5.57 Å². The number of hydrogen-bond donors (Lipinski definition) is 1. The van der Waals surface area contributed by atoms with Gasteiger partial charge in [0, 0.05) is 26.7 Å². The molecule has 4 nitrogen and oxygen atoms in total. The Morgan fingerprint density at radius 1 is 1.47 bits per heavy atom. The maximum Gasteiger partial charge on any atom is 0.0673 e. The second kappa shape index (κ2) is 5.80. The lowest BCUT2D eigenvalue weighted by molar-refractivity contribution is 0.210. The predicted molar refractivity (Wildman–Crippen MR) is 68.5 cm³/mol. The van der Waals surface area contributed by atoms with E-state index in [0.29, 0.717) is 0 Å². The summed E-state index contributed by atoms with van der Waals surface area (Å²) in [6.07, 6.45) is 5.05. The Bertz CT molecular complexity index is 386. The van der Waals surface area contributed by atoms with Crippen molar-refractivity contribution in [1.29, 1.82) is 0 Å². The molecule has 0 radical (unpaired) electrons. The number of nitrogens with two attached hydrogens (primary N) is 1. The van der Waals surface area contributed by atoms with Crippen molar-refractivity contribution in [2.45, 2.75) is 13.0 Å². The highest BCUT2D eigenvalue weighted by Crippen LogP contribution is 2.13. The minimum Gasteiger partial charge on any atom is -0.397 e. The molecule has 1 aromatic rings. The van der Waals surface area contributed by atoms with Gasteiger partial charge in [0.15, 0.2) is 0 Å². The lowest BCUT2D eigenvalue weighted by Crippen LogP contribution is -2.29. The van der Waals surface area contributed by atoms with Crippen LogP contribution in [0.3, 0.4) is 0 Å². The van der Waals surface area contributed by atoms with Crippen LogP contribution >= 0.6 is 0 Å². The first-order valence-corrected chi connectivity index (χ1v) is 5.87. The van der Waals surface area contributed by atoms with Crippen molar-refractivity contribution in [1.82, 2.24) is 9.88 Å². The molecule has 0 amide bonds. The molecule has 0 unspecified atom stereocenters. The van der Waals surface area contributed by atoms with Crippen LogP contribution in [0.15, 0.2) is 30.0 Å². The summed E-state index contributed by atoms with van der Waals surface area (Å²) in [5, 5.41) is 0. The molecule has 1 aliphatic rings. The number of aromatic nitrogens is 1. The Hall–Kier alpha value is -1.39. The van der Waals surface area contributed by atoms with Gasteiger partial charge in [0.1, 0.15) is 0 Å². The summed E-state index contributed by atoms with van der Waals surface area (Å²) >= 11 is 0. The summed E-state index contributed by atoms with van der Waals surface area (Å²) < 4.78 is 5.13. The van der Waals surface area contributed by atoms with E-state index in [1.54, 1.807) is 13.3 Å². The van der Waals surface area contributed by atoms with Crippen molar-refractivity contribution in [2.24, 2.45) is 0 Å². The van der Waals surface area contributed by atoms with Gasteiger partial charge in [0.05, 0.1) is 24.2 Å². The van der Waals surface area contributed by atoms with Gasteiger partial charge >= 0.3 is 0 Å². The summed E-state index contributed by atoms with van der Waals surface area (Å²) in [6.45, 7) is 3.69. The van der Waals surface area contributed by atoms with Gasteiger partial charge in [-0.05, 0) is 24.1 Å². The zero-order chi connectivity index (χ0) is 12.1. The third kappa shape index (κ3) is 3.54. The molecule has 1 aliphatic heterocycles. The van der Waals surface area contributed by atoms with Crippen LogP contribution in [-0.4, -0.2) is 36.7 Å². The van der Waals surface area contributed by atoms with E-state index in [4.69, 9.17) is 10.5 Å². The lowest BCUT2D eigenvalue weighted by Gasteiger charge is -2.25. The van der Waals surface area contributed by atoms with Gasteiger partial charge in [-0.15, -0.1) is 0 Å². The van der Waals surface area contributed by atoms with Crippen molar-refractivity contribution >= 4 is 5.69 Å². The van der Waals surface area contributed by atoms with Gasteiger partial charge in [-0.3, -0.25) is 9.88 Å². The van der Waals surface area contributed by atoms with Crippen molar-refractivity contribution < 1.29 is 4.74 Å². The second-order valence-corrected chi connectivity index (χ2v) is 4.36. The van der Waals surface area contributed by atoms with Crippen LogP contribution in [-0.2, 0) is 11.3 Å². The normalized spacial score (nSPS) is 16.9. The molecular formula is C13H19N3O. The van der Waals surface area contributed by atoms with Gasteiger partial charge in [-0.25, -0.2) is 0 Å². The monoisotopic (exact) mass is 233 g/mol. The number of hydrogen-bond acceptors (Lipinski definition) is 4. The van der Waals surface area contributed by atoms with E-state index in [2.05, 4.69) is 16.0 Å². The average Bonchev–Trinajstić information content (AvgIpc) is 2.35. The van der Waals surface area contributed by atoms with Crippen molar-refractivity contribution in [3.8, 4) is 0 Å². The topological polar surface area (TPSA) is 51.4 Å². The Morgan fingerprint density at radius 2 is 2.35 bits per heavy atom. The number of ether oxygens (including phenoxy) is 1. The highest BCUT2D eigenvalue weighted by Gasteiger charge is 2.12. The zero-order valence-corrected chi connectivity index (χ0v) is 10.2. The molecule has 2 N–H and O–H groups in total. The molecule has 0 fully saturated rings. The molecule has 17 heavy (non-hydrogen) atoms. The van der Waals surface area contributed by atoms with Crippen LogP contribution in [0.4, 0.5) is 5.69 Å². The fourth-order valence-electron chi connectivity index (χ4n) is 1.97. The van der Waals surface area contributed by atoms with E-state index < -0.39 is 0 Å². The van der Waals surface area contributed by atoms with E-state index in [9.17, 15) is 0 Å². The molecule has 0 spiro atoms. The number of anilines is 1. The maximum absolute atomic E-state index is 5.61. The highest BCUT2D eigenvalue weighted by molar-refractivity contribution is 5.34. The summed E-state index contributed by atoms with van der Waals surface area (Å²) in [5.74, 6) is 0. The van der Waals surface area contributed by atoms with Crippen LogP contribution < -0.4 is 5.73 Å². The molecule has 2 heterocycles. The Labute approximate surface area is 102 Å². The van der Waals surface area contributed by atoms with Crippen LogP contribution in [0, 0.1) is 0 Å². The SMILES string of the molecule is COCC1=CCN(Cc2ccc(N)cn2)CC1. The molecule has 0 aliphatic carbocycles. The molecule has 92 valence electrons. The van der Waals surface area contributed by atoms with Crippen LogP contribution in [0.5, 0.6) is 0 Å². The number of methoxy groups -OCH3 is 1. The van der Waals surface area contributed by atoms with Crippen molar-refractivity contribution in [3.05, 3.63) is 35.7 Å². The number of nitrogen functional groups attached to an aromatic ring is 1. The number of pyridine rings is 1.